The van der Waals surface area contributed by atoms with E-state index < -0.39 is 5.60 Å². The van der Waals surface area contributed by atoms with Gasteiger partial charge in [-0.25, -0.2) is 9.97 Å². The molecule has 1 aromatic carbocycles. The van der Waals surface area contributed by atoms with Gasteiger partial charge in [0.1, 0.15) is 18.0 Å². The summed E-state index contributed by atoms with van der Waals surface area (Å²) in [6.07, 6.45) is 4.73. The van der Waals surface area contributed by atoms with Crippen molar-refractivity contribution >= 4 is 28.9 Å². The first-order valence-corrected chi connectivity index (χ1v) is 11.5. The highest BCUT2D eigenvalue weighted by Crippen LogP contribution is 2.27. The van der Waals surface area contributed by atoms with Gasteiger partial charge in [-0.15, -0.1) is 0 Å². The highest BCUT2D eigenvalue weighted by atomic mass is 16.5. The van der Waals surface area contributed by atoms with Crippen molar-refractivity contribution in [2.45, 2.75) is 33.3 Å². The molecule has 0 saturated heterocycles. The monoisotopic (exact) mass is 486 g/mol. The maximum atomic E-state index is 13.0. The van der Waals surface area contributed by atoms with Gasteiger partial charge in [-0.1, -0.05) is 6.07 Å². The van der Waals surface area contributed by atoms with Gasteiger partial charge >= 0.3 is 0 Å². The molecule has 4 rings (SSSR count). The van der Waals surface area contributed by atoms with E-state index in [-0.39, 0.29) is 5.91 Å². The summed E-state index contributed by atoms with van der Waals surface area (Å²) < 4.78 is 7.24. The predicted octanol–water partition coefficient (Wildman–Crippen LogP) is 4.59. The maximum Gasteiger partial charge on any atom is 0.257 e. The molecule has 10 nitrogen and oxygen atoms in total. The molecule has 3 aromatic heterocycles. The van der Waals surface area contributed by atoms with E-state index in [0.717, 1.165) is 28.3 Å². The van der Waals surface area contributed by atoms with Crippen LogP contribution >= 0.6 is 0 Å². The number of nitrogens with one attached hydrogen (secondary N) is 3. The summed E-state index contributed by atoms with van der Waals surface area (Å²) in [7, 11) is 3.43. The van der Waals surface area contributed by atoms with Crippen LogP contribution in [-0.2, 0) is 10.3 Å². The number of rotatable bonds is 8. The number of hydrogen-bond donors (Lipinski definition) is 3. The molecule has 0 radical (unpaired) electrons. The molecule has 0 aliphatic heterocycles. The predicted molar refractivity (Wildman–Crippen MR) is 140 cm³/mol. The largest absolute Gasteiger partial charge is 0.374 e. The second kappa shape index (κ2) is 10.1. The van der Waals surface area contributed by atoms with Gasteiger partial charge in [0, 0.05) is 55.6 Å². The van der Waals surface area contributed by atoms with E-state index in [1.807, 2.05) is 58.0 Å². The number of nitrogens with zero attached hydrogens (tertiary/aromatic N) is 5. The molecule has 0 fully saturated rings. The number of aryl methyl sites for hydroxylation is 2. The Morgan fingerprint density at radius 2 is 1.86 bits per heavy atom. The van der Waals surface area contributed by atoms with E-state index in [1.165, 1.54) is 6.33 Å². The highest BCUT2D eigenvalue weighted by molar-refractivity contribution is 6.04. The van der Waals surface area contributed by atoms with Crippen LogP contribution in [0.5, 0.6) is 0 Å². The van der Waals surface area contributed by atoms with E-state index in [1.54, 1.807) is 37.3 Å². The van der Waals surface area contributed by atoms with Crippen molar-refractivity contribution in [1.82, 2.24) is 24.7 Å². The van der Waals surface area contributed by atoms with Crippen LogP contribution in [0.25, 0.3) is 5.82 Å². The van der Waals surface area contributed by atoms with Gasteiger partial charge in [0.05, 0.1) is 16.9 Å². The zero-order chi connectivity index (χ0) is 25.9. The number of anilines is 4. The molecule has 0 atom stereocenters. The molecule has 0 aliphatic carbocycles. The fourth-order valence-corrected chi connectivity index (χ4v) is 3.55. The van der Waals surface area contributed by atoms with Crippen molar-refractivity contribution in [3.63, 3.8) is 0 Å². The Labute approximate surface area is 210 Å². The third-order valence-corrected chi connectivity index (χ3v) is 5.92. The number of ether oxygens (including phenoxy) is 1. The van der Waals surface area contributed by atoms with Crippen LogP contribution < -0.4 is 16.0 Å². The van der Waals surface area contributed by atoms with E-state index in [4.69, 9.17) is 4.74 Å². The lowest BCUT2D eigenvalue weighted by Gasteiger charge is -2.23. The smallest absolute Gasteiger partial charge is 0.257 e. The number of pyridine rings is 1. The number of hydrogen-bond acceptors (Lipinski definition) is 8. The van der Waals surface area contributed by atoms with Crippen LogP contribution in [0.2, 0.25) is 0 Å². The Hall–Kier alpha value is -4.31. The third-order valence-electron chi connectivity index (χ3n) is 5.92. The molecule has 0 aliphatic rings. The van der Waals surface area contributed by atoms with Crippen LogP contribution in [0.1, 0.15) is 41.0 Å². The van der Waals surface area contributed by atoms with Gasteiger partial charge in [0.15, 0.2) is 5.82 Å². The number of carbonyl (C=O) groups excluding carboxylic acids is 1. The quantitative estimate of drug-likeness (QED) is 0.331. The topological polar surface area (TPSA) is 119 Å². The minimum Gasteiger partial charge on any atom is -0.374 e. The molecule has 4 aromatic rings. The fourth-order valence-electron chi connectivity index (χ4n) is 3.55. The second-order valence-corrected chi connectivity index (χ2v) is 8.88. The number of amides is 1. The minimum atomic E-state index is -0.553. The van der Waals surface area contributed by atoms with Gasteiger partial charge in [0.2, 0.25) is 0 Å². The zero-order valence-corrected chi connectivity index (χ0v) is 21.2. The molecule has 3 N–H and O–H groups in total. The summed E-state index contributed by atoms with van der Waals surface area (Å²) in [5.74, 6) is 1.79. The van der Waals surface area contributed by atoms with Gasteiger partial charge in [-0.2, -0.15) is 9.78 Å². The van der Waals surface area contributed by atoms with E-state index in [2.05, 4.69) is 36.0 Å². The molecule has 0 saturated carbocycles. The molecule has 0 spiro atoms. The zero-order valence-electron chi connectivity index (χ0n) is 21.2. The van der Waals surface area contributed by atoms with E-state index >= 15 is 0 Å². The maximum absolute atomic E-state index is 13.0. The lowest BCUT2D eigenvalue weighted by atomic mass is 9.98. The summed E-state index contributed by atoms with van der Waals surface area (Å²) in [6.45, 7) is 7.76. The Morgan fingerprint density at radius 3 is 2.61 bits per heavy atom. The van der Waals surface area contributed by atoms with Crippen LogP contribution in [0.3, 0.4) is 0 Å². The van der Waals surface area contributed by atoms with Crippen molar-refractivity contribution in [1.29, 1.82) is 0 Å². The first kappa shape index (κ1) is 24.8. The van der Waals surface area contributed by atoms with Gasteiger partial charge in [-0.05, 0) is 51.5 Å². The molecular weight excluding hydrogens is 456 g/mol. The molecule has 10 heteroatoms. The fraction of sp³-hybridized carbons (Fsp3) is 0.269. The second-order valence-electron chi connectivity index (χ2n) is 8.88. The average molecular weight is 487 g/mol. The van der Waals surface area contributed by atoms with Crippen LogP contribution in [0, 0.1) is 13.8 Å². The van der Waals surface area contributed by atoms with Crippen LogP contribution in [0.15, 0.2) is 55.1 Å². The lowest BCUT2D eigenvalue weighted by molar-refractivity contribution is 0.0189. The summed E-state index contributed by atoms with van der Waals surface area (Å²) in [6, 6.07) is 11.2. The number of benzene rings is 1. The summed E-state index contributed by atoms with van der Waals surface area (Å²) in [4.78, 5) is 25.7. The Morgan fingerprint density at radius 1 is 1.06 bits per heavy atom. The molecule has 1 amide bonds. The Balaban J connectivity index is 1.58. The van der Waals surface area contributed by atoms with Gasteiger partial charge < -0.3 is 20.7 Å². The van der Waals surface area contributed by atoms with Gasteiger partial charge in [0.25, 0.3) is 5.91 Å². The molecule has 0 unspecified atom stereocenters. The van der Waals surface area contributed by atoms with Crippen molar-refractivity contribution in [2.75, 3.05) is 30.1 Å². The van der Waals surface area contributed by atoms with Gasteiger partial charge in [-0.3, -0.25) is 9.78 Å². The van der Waals surface area contributed by atoms with Crippen LogP contribution in [0.4, 0.5) is 23.0 Å². The average Bonchev–Trinajstić information content (AvgIpc) is 3.26. The molecular formula is C26H30N8O2. The normalized spacial score (nSPS) is 11.3. The van der Waals surface area contributed by atoms with E-state index in [0.29, 0.717) is 22.9 Å². The molecule has 36 heavy (non-hydrogen) atoms. The number of methoxy groups -OCH3 is 1. The summed E-state index contributed by atoms with van der Waals surface area (Å²) >= 11 is 0. The highest BCUT2D eigenvalue weighted by Gasteiger charge is 2.21. The summed E-state index contributed by atoms with van der Waals surface area (Å²) in [5.41, 5.74) is 4.02. The molecule has 3 heterocycles. The van der Waals surface area contributed by atoms with E-state index in [9.17, 15) is 4.79 Å². The van der Waals surface area contributed by atoms with Crippen LogP contribution in [-0.4, -0.2) is 44.8 Å². The lowest BCUT2D eigenvalue weighted by Crippen LogP contribution is -2.21. The van der Waals surface area contributed by atoms with Crippen molar-refractivity contribution in [2.24, 2.45) is 0 Å². The molecule has 186 valence electrons. The summed E-state index contributed by atoms with van der Waals surface area (Å²) in [5, 5.41) is 14.0. The Kier molecular flexibility index (Phi) is 6.98. The standard InChI is InChI=1S/C26H30N8O2/c1-16-7-8-20(31-25(35)18-10-19(14-28-13-18)26(3,4)36-6)11-21(16)32-24-9-17(2)33-34(24)23-12-22(27-5)29-15-30-23/h7-15,32H,1-6H3,(H,31,35)(H,27,29,30). The van der Waals surface area contributed by atoms with Crippen molar-refractivity contribution < 1.29 is 9.53 Å². The SMILES string of the molecule is CNc1cc(-n2nc(C)cc2Nc2cc(NC(=O)c3cncc(C(C)(C)OC)c3)ccc2C)ncn1. The first-order valence-electron chi connectivity index (χ1n) is 11.5. The number of carbonyl (C=O) groups is 1. The Bertz CT molecular complexity index is 1400. The minimum absolute atomic E-state index is 0.257. The number of aromatic nitrogens is 5. The van der Waals surface area contributed by atoms with Crippen molar-refractivity contribution in [3.05, 3.63) is 77.5 Å². The van der Waals surface area contributed by atoms with Crippen molar-refractivity contribution in [3.8, 4) is 5.82 Å². The third kappa shape index (κ3) is 5.33. The first-order chi connectivity index (χ1) is 17.2. The molecule has 0 bridgehead atoms.